The first kappa shape index (κ1) is 18.3. The number of ether oxygens (including phenoxy) is 2. The summed E-state index contributed by atoms with van der Waals surface area (Å²) in [6.45, 7) is 7.47. The van der Waals surface area contributed by atoms with Crippen molar-refractivity contribution < 1.29 is 9.47 Å². The van der Waals surface area contributed by atoms with Gasteiger partial charge in [-0.05, 0) is 39.0 Å². The van der Waals surface area contributed by atoms with E-state index in [4.69, 9.17) is 21.1 Å². The van der Waals surface area contributed by atoms with Gasteiger partial charge in [-0.15, -0.1) is 0 Å². The molecule has 1 unspecified atom stereocenters. The zero-order chi connectivity index (χ0) is 14.8. The minimum atomic E-state index is -0.881. The summed E-state index contributed by atoms with van der Waals surface area (Å²) in [5.74, 6) is 1.07. The molecule has 0 spiro atoms. The molecule has 0 saturated heterocycles. The number of unbranched alkanes of at least 4 members (excludes halogenated alkanes) is 5. The molecular weight excluding hydrogens is 272 g/mol. The number of alkyl halides is 1. The van der Waals surface area contributed by atoms with Crippen LogP contribution in [0, 0.1) is 11.8 Å². The van der Waals surface area contributed by atoms with Crippen molar-refractivity contribution >= 4 is 11.6 Å². The third kappa shape index (κ3) is 6.32. The smallest absolute Gasteiger partial charge is 0.251 e. The quantitative estimate of drug-likeness (QED) is 0.246. The summed E-state index contributed by atoms with van der Waals surface area (Å²) in [6, 6.07) is 0. The van der Waals surface area contributed by atoms with E-state index < -0.39 is 5.25 Å². The molecule has 0 aliphatic heterocycles. The molecule has 1 rings (SSSR count). The van der Waals surface area contributed by atoms with E-state index in [-0.39, 0.29) is 0 Å². The second kappa shape index (κ2) is 10.0. The van der Waals surface area contributed by atoms with Crippen molar-refractivity contribution in [2.75, 3.05) is 13.2 Å². The van der Waals surface area contributed by atoms with Crippen LogP contribution in [0.25, 0.3) is 0 Å². The van der Waals surface area contributed by atoms with Gasteiger partial charge in [0.05, 0.1) is 0 Å². The van der Waals surface area contributed by atoms with E-state index in [0.717, 1.165) is 6.42 Å². The standard InChI is InChI=1S/C17H33ClO2/c1-4-7-8-9-10-11-12-16(15-13-14-15)17(18,19-5-2)20-6-3/h15-16H,4-14H2,1-3H3. The van der Waals surface area contributed by atoms with Crippen molar-refractivity contribution in [3.05, 3.63) is 0 Å². The highest BCUT2D eigenvalue weighted by atomic mass is 35.5. The highest BCUT2D eigenvalue weighted by Gasteiger charge is 2.46. The minimum Gasteiger partial charge on any atom is -0.337 e. The first-order valence-corrected chi connectivity index (χ1v) is 9.02. The van der Waals surface area contributed by atoms with Gasteiger partial charge in [0.2, 0.25) is 0 Å². The highest BCUT2D eigenvalue weighted by Crippen LogP contribution is 2.48. The largest absolute Gasteiger partial charge is 0.337 e. The van der Waals surface area contributed by atoms with Gasteiger partial charge in [-0.1, -0.05) is 57.0 Å². The lowest BCUT2D eigenvalue weighted by Crippen LogP contribution is -2.39. The van der Waals surface area contributed by atoms with Gasteiger partial charge in [-0.25, -0.2) is 0 Å². The van der Waals surface area contributed by atoms with Gasteiger partial charge < -0.3 is 9.47 Å². The summed E-state index contributed by atoms with van der Waals surface area (Å²) in [5, 5.41) is -0.881. The Kier molecular flexibility index (Phi) is 9.15. The van der Waals surface area contributed by atoms with Crippen LogP contribution in [0.1, 0.15) is 78.6 Å². The fraction of sp³-hybridized carbons (Fsp3) is 1.00. The van der Waals surface area contributed by atoms with Crippen LogP contribution < -0.4 is 0 Å². The summed E-state index contributed by atoms with van der Waals surface area (Å²) in [6.07, 6.45) is 11.7. The van der Waals surface area contributed by atoms with Crippen molar-refractivity contribution in [1.29, 1.82) is 0 Å². The second-order valence-electron chi connectivity index (χ2n) is 5.95. The molecule has 0 N–H and O–H groups in total. The monoisotopic (exact) mass is 304 g/mol. The number of halogens is 1. The lowest BCUT2D eigenvalue weighted by Gasteiger charge is -2.34. The Morgan fingerprint density at radius 3 is 2.00 bits per heavy atom. The number of rotatable bonds is 13. The molecule has 0 aromatic rings. The molecule has 3 heteroatoms. The predicted molar refractivity (Wildman–Crippen MR) is 86.0 cm³/mol. The van der Waals surface area contributed by atoms with Crippen LogP contribution in [0.2, 0.25) is 0 Å². The van der Waals surface area contributed by atoms with Crippen molar-refractivity contribution in [2.24, 2.45) is 11.8 Å². The van der Waals surface area contributed by atoms with Gasteiger partial charge in [0.15, 0.2) is 0 Å². The van der Waals surface area contributed by atoms with E-state index in [2.05, 4.69) is 6.92 Å². The van der Waals surface area contributed by atoms with Crippen molar-refractivity contribution in [3.63, 3.8) is 0 Å². The van der Waals surface area contributed by atoms with Crippen molar-refractivity contribution in [2.45, 2.75) is 83.8 Å². The Labute approximate surface area is 130 Å². The van der Waals surface area contributed by atoms with E-state index in [0.29, 0.717) is 25.0 Å². The average Bonchev–Trinajstić information content (AvgIpc) is 3.22. The molecule has 1 saturated carbocycles. The van der Waals surface area contributed by atoms with Gasteiger partial charge in [0.25, 0.3) is 5.25 Å². The molecule has 1 aliphatic carbocycles. The molecule has 0 aromatic heterocycles. The zero-order valence-corrected chi connectivity index (χ0v) is 14.4. The third-order valence-corrected chi connectivity index (χ3v) is 4.68. The van der Waals surface area contributed by atoms with Crippen molar-refractivity contribution in [1.82, 2.24) is 0 Å². The summed E-state index contributed by atoms with van der Waals surface area (Å²) in [5.41, 5.74) is 0. The van der Waals surface area contributed by atoms with Crippen LogP contribution in [0.4, 0.5) is 0 Å². The normalized spacial score (nSPS) is 17.4. The first-order valence-electron chi connectivity index (χ1n) is 8.64. The summed E-state index contributed by atoms with van der Waals surface area (Å²) >= 11 is 6.66. The number of hydrogen-bond donors (Lipinski definition) is 0. The van der Waals surface area contributed by atoms with Crippen LogP contribution in [-0.2, 0) is 9.47 Å². The van der Waals surface area contributed by atoms with Gasteiger partial charge in [0, 0.05) is 19.1 Å². The second-order valence-corrected chi connectivity index (χ2v) is 6.48. The van der Waals surface area contributed by atoms with Crippen LogP contribution in [-0.4, -0.2) is 18.5 Å². The maximum absolute atomic E-state index is 6.66. The maximum Gasteiger partial charge on any atom is 0.251 e. The molecule has 0 aromatic carbocycles. The Morgan fingerprint density at radius 1 is 0.950 bits per heavy atom. The average molecular weight is 305 g/mol. The van der Waals surface area contributed by atoms with E-state index in [9.17, 15) is 0 Å². The SMILES string of the molecule is CCCCCCCCC(C1CC1)C(Cl)(OCC)OCC. The zero-order valence-electron chi connectivity index (χ0n) is 13.6. The fourth-order valence-corrected chi connectivity index (χ4v) is 3.49. The lowest BCUT2D eigenvalue weighted by molar-refractivity contribution is -0.209. The molecule has 0 amide bonds. The van der Waals surface area contributed by atoms with Crippen LogP contribution in [0.3, 0.4) is 0 Å². The molecule has 1 atom stereocenters. The molecule has 0 heterocycles. The molecule has 0 bridgehead atoms. The summed E-state index contributed by atoms with van der Waals surface area (Å²) in [4.78, 5) is 0. The molecule has 20 heavy (non-hydrogen) atoms. The van der Waals surface area contributed by atoms with Gasteiger partial charge >= 0.3 is 0 Å². The fourth-order valence-electron chi connectivity index (χ4n) is 2.98. The van der Waals surface area contributed by atoms with E-state index >= 15 is 0 Å². The van der Waals surface area contributed by atoms with E-state index in [1.165, 1.54) is 51.4 Å². The van der Waals surface area contributed by atoms with Crippen LogP contribution >= 0.6 is 11.6 Å². The Morgan fingerprint density at radius 2 is 1.50 bits per heavy atom. The Bertz CT molecular complexity index is 235. The molecule has 2 nitrogen and oxygen atoms in total. The Balaban J connectivity index is 2.38. The van der Waals surface area contributed by atoms with Crippen LogP contribution in [0.5, 0.6) is 0 Å². The van der Waals surface area contributed by atoms with Gasteiger partial charge in [-0.2, -0.15) is 0 Å². The van der Waals surface area contributed by atoms with Crippen LogP contribution in [0.15, 0.2) is 0 Å². The first-order chi connectivity index (χ1) is 9.68. The summed E-state index contributed by atoms with van der Waals surface area (Å²) in [7, 11) is 0. The molecule has 120 valence electrons. The lowest BCUT2D eigenvalue weighted by atomic mass is 9.94. The maximum atomic E-state index is 6.66. The summed E-state index contributed by atoms with van der Waals surface area (Å²) < 4.78 is 11.5. The predicted octanol–water partition coefficient (Wildman–Crippen LogP) is 5.73. The van der Waals surface area contributed by atoms with Crippen molar-refractivity contribution in [3.8, 4) is 0 Å². The minimum absolute atomic E-state index is 0.357. The molecule has 0 radical (unpaired) electrons. The van der Waals surface area contributed by atoms with Gasteiger partial charge in [-0.3, -0.25) is 0 Å². The highest BCUT2D eigenvalue weighted by molar-refractivity contribution is 6.22. The van der Waals surface area contributed by atoms with E-state index in [1.807, 2.05) is 13.8 Å². The molecule has 1 aliphatic rings. The number of hydrogen-bond acceptors (Lipinski definition) is 2. The van der Waals surface area contributed by atoms with Gasteiger partial charge in [0.1, 0.15) is 0 Å². The topological polar surface area (TPSA) is 18.5 Å². The molecule has 1 fully saturated rings. The van der Waals surface area contributed by atoms with E-state index in [1.54, 1.807) is 0 Å². The molecular formula is C17H33ClO2. The Hall–Kier alpha value is 0.210. The third-order valence-electron chi connectivity index (χ3n) is 4.18.